The Hall–Kier alpha value is -3.27. The second-order valence-corrected chi connectivity index (χ2v) is 22.2. The van der Waals surface area contributed by atoms with Crippen molar-refractivity contribution >= 4 is 37.0 Å². The molecule has 16 heteroatoms. The van der Waals surface area contributed by atoms with Crippen LogP contribution in [-0.4, -0.2) is 140 Å². The van der Waals surface area contributed by atoms with Crippen LogP contribution in [0, 0.1) is 35.5 Å². The molecular weight excluding hydrogens is 904 g/mol. The first-order valence-electron chi connectivity index (χ1n) is 25.3. The summed E-state index contributed by atoms with van der Waals surface area (Å²) in [4.78, 5) is 72.3. The highest BCUT2D eigenvalue weighted by molar-refractivity contribution is 7.43. The number of esters is 1. The lowest BCUT2D eigenvalue weighted by Crippen LogP contribution is -2.61. The molecule has 1 amide bonds. The summed E-state index contributed by atoms with van der Waals surface area (Å²) in [5.41, 5.74) is 1.27. The van der Waals surface area contributed by atoms with E-state index in [-0.39, 0.29) is 60.9 Å². The fraction of sp³-hybridized carbons (Fsp3) is 0.755. The normalized spacial score (nSPS) is 39.0. The Morgan fingerprint density at radius 1 is 0.899 bits per heavy atom. The minimum atomic E-state index is -2.43. The SMILES string of the molecule is CO[C@H]1C[C@@H]2CC[C@@H](C)[C@@](O)(O2)C(=O)C(=O)N2CCCC[C@H]2C(=O)OC([C@H](C)C[C@@H]2CCC(NC[P+](C)=O)[C@H](OC)C2)CC(=O)[C@H](C)/C=C(\C)[C@@H](O)[C@@H](OC)C(=O)[C@H](C)C[C@H](C)/C=C/C=C/C=C/1C. The average Bonchev–Trinajstić information content (AvgIpc) is 3.32. The largest absolute Gasteiger partial charge is 0.460 e. The maximum atomic E-state index is 14.5. The van der Waals surface area contributed by atoms with Crippen LogP contribution in [0.5, 0.6) is 0 Å². The maximum Gasteiger partial charge on any atom is 0.350 e. The van der Waals surface area contributed by atoms with E-state index in [2.05, 4.69) is 5.32 Å². The molecule has 2 bridgehead atoms. The minimum Gasteiger partial charge on any atom is -0.460 e. The summed E-state index contributed by atoms with van der Waals surface area (Å²) in [7, 11) is 3.25. The number of aliphatic hydroxyl groups excluding tert-OH is 1. The third-order valence-electron chi connectivity index (χ3n) is 15.1. The van der Waals surface area contributed by atoms with Crippen molar-refractivity contribution in [2.45, 2.75) is 180 Å². The summed E-state index contributed by atoms with van der Waals surface area (Å²) in [6.45, 7) is 14.5. The number of hydrogen-bond acceptors (Lipinski definition) is 14. The number of allylic oxidation sites excluding steroid dienone is 6. The first-order chi connectivity index (χ1) is 32.6. The van der Waals surface area contributed by atoms with Gasteiger partial charge in [0.05, 0.1) is 18.3 Å². The van der Waals surface area contributed by atoms with E-state index in [0.717, 1.165) is 18.4 Å². The fourth-order valence-corrected chi connectivity index (χ4v) is 11.1. The van der Waals surface area contributed by atoms with Crippen molar-refractivity contribution in [3.05, 3.63) is 47.6 Å². The molecular formula is C53H84N2O13P+. The molecule has 0 spiro atoms. The van der Waals surface area contributed by atoms with Gasteiger partial charge in [-0.15, -0.1) is 0 Å². The quantitative estimate of drug-likeness (QED) is 0.0906. The van der Waals surface area contributed by atoms with Crippen LogP contribution in [0.1, 0.15) is 126 Å². The Balaban J connectivity index is 1.70. The number of carbonyl (C=O) groups excluding carboxylic acids is 5. The molecule has 3 heterocycles. The lowest BCUT2D eigenvalue weighted by molar-refractivity contribution is -0.265. The monoisotopic (exact) mass is 988 g/mol. The molecule has 4 rings (SSSR count). The Morgan fingerprint density at radius 3 is 2.29 bits per heavy atom. The van der Waals surface area contributed by atoms with Gasteiger partial charge in [0.25, 0.3) is 11.7 Å². The third kappa shape index (κ3) is 16.1. The summed E-state index contributed by atoms with van der Waals surface area (Å²) in [5, 5.41) is 26.9. The third-order valence-corrected chi connectivity index (χ3v) is 15.7. The highest BCUT2D eigenvalue weighted by Crippen LogP contribution is 2.38. The Morgan fingerprint density at radius 2 is 1.62 bits per heavy atom. The van der Waals surface area contributed by atoms with Crippen molar-refractivity contribution in [3.63, 3.8) is 0 Å². The van der Waals surface area contributed by atoms with Gasteiger partial charge in [-0.3, -0.25) is 24.5 Å². The van der Waals surface area contributed by atoms with Gasteiger partial charge < -0.3 is 38.8 Å². The first kappa shape index (κ1) is 58.3. The van der Waals surface area contributed by atoms with Crippen LogP contribution in [-0.2, 0) is 52.2 Å². The zero-order valence-electron chi connectivity index (χ0n) is 43.2. The van der Waals surface area contributed by atoms with Crippen molar-refractivity contribution in [2.75, 3.05) is 40.8 Å². The van der Waals surface area contributed by atoms with Gasteiger partial charge in [0.1, 0.15) is 36.8 Å². The van der Waals surface area contributed by atoms with E-state index in [0.29, 0.717) is 63.2 Å². The molecule has 69 heavy (non-hydrogen) atoms. The molecule has 1 aliphatic carbocycles. The molecule has 0 aromatic rings. The number of amides is 1. The zero-order chi connectivity index (χ0) is 51.2. The van der Waals surface area contributed by atoms with Crippen molar-refractivity contribution in [3.8, 4) is 0 Å². The average molecular weight is 988 g/mol. The lowest BCUT2D eigenvalue weighted by Gasteiger charge is -2.42. The number of rotatable bonds is 9. The van der Waals surface area contributed by atoms with E-state index in [9.17, 15) is 38.8 Å². The second kappa shape index (κ2) is 27.5. The summed E-state index contributed by atoms with van der Waals surface area (Å²) >= 11 is 0. The van der Waals surface area contributed by atoms with E-state index in [1.54, 1.807) is 47.7 Å². The molecule has 3 fully saturated rings. The van der Waals surface area contributed by atoms with Crippen molar-refractivity contribution in [2.24, 2.45) is 35.5 Å². The van der Waals surface area contributed by atoms with Crippen LogP contribution in [0.15, 0.2) is 47.6 Å². The van der Waals surface area contributed by atoms with Crippen molar-refractivity contribution in [1.82, 2.24) is 10.2 Å². The first-order valence-corrected chi connectivity index (χ1v) is 27.1. The summed E-state index contributed by atoms with van der Waals surface area (Å²) in [5.74, 6) is -7.91. The number of ketones is 3. The van der Waals surface area contributed by atoms with Crippen molar-refractivity contribution < 1.29 is 62.4 Å². The van der Waals surface area contributed by atoms with Gasteiger partial charge in [0, 0.05) is 64.5 Å². The molecule has 1 saturated carbocycles. The van der Waals surface area contributed by atoms with Crippen LogP contribution in [0.3, 0.4) is 0 Å². The molecule has 388 valence electrons. The molecule has 2 saturated heterocycles. The highest BCUT2D eigenvalue weighted by Gasteiger charge is 2.53. The number of hydrogen-bond donors (Lipinski definition) is 3. The number of cyclic esters (lactones) is 1. The Bertz CT molecular complexity index is 1900. The van der Waals surface area contributed by atoms with E-state index in [4.69, 9.17) is 23.7 Å². The van der Waals surface area contributed by atoms with Gasteiger partial charge in [-0.2, -0.15) is 0 Å². The van der Waals surface area contributed by atoms with E-state index in [1.165, 1.54) is 12.0 Å². The molecule has 3 unspecified atom stereocenters. The summed E-state index contributed by atoms with van der Waals surface area (Å²) in [6, 6.07) is -1.11. The Kier molecular flexibility index (Phi) is 23.3. The predicted molar refractivity (Wildman–Crippen MR) is 264 cm³/mol. The summed E-state index contributed by atoms with van der Waals surface area (Å²) < 4.78 is 41.7. The molecule has 3 aliphatic heterocycles. The van der Waals surface area contributed by atoms with Crippen LogP contribution in [0.4, 0.5) is 0 Å². The number of nitrogens with one attached hydrogen (secondary N) is 1. The standard InChI is InChI=1S/C53H84N2O13P/c1-32-17-13-12-14-18-33(2)44(64-8)29-40-22-20-38(7)53(62,68-40)50(59)51(60)55-24-16-15-19-42(55)52(61)67-45(35(4)27-39-21-23-41(46(28-39)65-9)54-31-69(11)63)30-43(56)34(3)26-37(6)48(58)49(66-10)47(57)36(5)25-32/h12-14,17-18,26,32,34-36,38-42,44-46,48-49,54,58,62H,15-16,19-25,27-31H2,1-11H3/q+1/b14-12+,17-13+,33-18+,37-26+/t32-,34-,35-,36-,38-,39+,40+,41?,42+,44+,45?,46-,48-,49+,53-/m1/s1. The number of methoxy groups -OCH3 is 3. The number of ether oxygens (including phenoxy) is 5. The Labute approximate surface area is 412 Å². The maximum absolute atomic E-state index is 14.5. The van der Waals surface area contributed by atoms with Crippen LogP contribution in [0.25, 0.3) is 0 Å². The van der Waals surface area contributed by atoms with Gasteiger partial charge in [0.2, 0.25) is 5.79 Å². The smallest absolute Gasteiger partial charge is 0.350 e. The topological polar surface area (TPSA) is 204 Å². The van der Waals surface area contributed by atoms with Crippen molar-refractivity contribution in [1.29, 1.82) is 0 Å². The molecule has 16 atom stereocenters. The number of piperidine rings is 1. The van der Waals surface area contributed by atoms with E-state index < -0.39 is 85.6 Å². The lowest BCUT2D eigenvalue weighted by atomic mass is 9.77. The fourth-order valence-electron chi connectivity index (χ4n) is 10.6. The zero-order valence-corrected chi connectivity index (χ0v) is 44.1. The predicted octanol–water partition coefficient (Wildman–Crippen LogP) is 7.19. The second-order valence-electron chi connectivity index (χ2n) is 20.6. The highest BCUT2D eigenvalue weighted by atomic mass is 31.1. The minimum absolute atomic E-state index is 0.0161. The van der Waals surface area contributed by atoms with Gasteiger partial charge in [0.15, 0.2) is 12.1 Å². The number of nitrogens with zero attached hydrogens (tertiary/aromatic N) is 1. The molecule has 0 radical (unpaired) electrons. The van der Waals surface area contributed by atoms with Gasteiger partial charge >= 0.3 is 13.8 Å². The summed E-state index contributed by atoms with van der Waals surface area (Å²) in [6.07, 6.45) is 12.9. The van der Waals surface area contributed by atoms with Gasteiger partial charge in [-0.1, -0.05) is 75.6 Å². The van der Waals surface area contributed by atoms with Crippen LogP contribution < -0.4 is 5.32 Å². The number of carbonyl (C=O) groups is 5. The molecule has 0 aromatic heterocycles. The number of Topliss-reactive ketones (excluding diaryl/α,β-unsaturated/α-hetero) is 3. The number of fused-ring (bicyclic) bond motifs is 3. The van der Waals surface area contributed by atoms with Gasteiger partial charge in [-0.05, 0) is 107 Å². The van der Waals surface area contributed by atoms with Crippen LogP contribution >= 0.6 is 7.80 Å². The molecule has 4 aliphatic rings. The molecule has 3 N–H and O–H groups in total. The van der Waals surface area contributed by atoms with Crippen LogP contribution in [0.2, 0.25) is 0 Å². The van der Waals surface area contributed by atoms with E-state index in [1.807, 2.05) is 58.1 Å². The van der Waals surface area contributed by atoms with Gasteiger partial charge in [-0.25, -0.2) is 4.79 Å². The number of aliphatic hydroxyl groups is 2. The molecule has 0 aromatic carbocycles. The molecule has 15 nitrogen and oxygen atoms in total. The van der Waals surface area contributed by atoms with E-state index >= 15 is 0 Å².